The van der Waals surface area contributed by atoms with E-state index in [9.17, 15) is 33.6 Å². The van der Waals surface area contributed by atoms with Gasteiger partial charge < -0.3 is 36.6 Å². The van der Waals surface area contributed by atoms with Gasteiger partial charge in [-0.1, -0.05) is 143 Å². The number of rotatable bonds is 23. The maximum atomic E-state index is 15.0. The number of likely N-dealkylation sites (tertiary alicyclic amines) is 1. The molecule has 0 spiro atoms. The first-order valence-electron chi connectivity index (χ1n) is 22.5. The largest absolute Gasteiger partial charge is 0.372 e. The first-order chi connectivity index (χ1) is 30.5. The molecule has 0 aromatic heterocycles. The lowest BCUT2D eigenvalue weighted by Crippen LogP contribution is -2.58. The molecule has 2 fully saturated rings. The number of benzene rings is 3. The van der Waals surface area contributed by atoms with E-state index in [0.29, 0.717) is 19.3 Å². The summed E-state index contributed by atoms with van der Waals surface area (Å²) in [6.07, 6.45) is 6.31. The third-order valence-electron chi connectivity index (χ3n) is 12.0. The van der Waals surface area contributed by atoms with E-state index in [4.69, 9.17) is 10.5 Å². The number of hydrogen-bond acceptors (Lipinski definition) is 8. The predicted molar refractivity (Wildman–Crippen MR) is 238 cm³/mol. The number of primary amides is 1. The van der Waals surface area contributed by atoms with Gasteiger partial charge in [0.1, 0.15) is 18.1 Å². The molecular weight excluding hydrogens is 801 g/mol. The van der Waals surface area contributed by atoms with Gasteiger partial charge in [0.15, 0.2) is 0 Å². The zero-order valence-electron chi connectivity index (χ0n) is 36.6. The van der Waals surface area contributed by atoms with Crippen LogP contribution in [0.15, 0.2) is 91.0 Å². The number of carbonyl (C=O) groups is 7. The van der Waals surface area contributed by atoms with Crippen molar-refractivity contribution in [2.24, 2.45) is 11.7 Å². The summed E-state index contributed by atoms with van der Waals surface area (Å²) in [4.78, 5) is 96.1. The van der Waals surface area contributed by atoms with Gasteiger partial charge in [-0.3, -0.25) is 33.6 Å². The van der Waals surface area contributed by atoms with Gasteiger partial charge in [-0.25, -0.2) is 0 Å². The Morgan fingerprint density at radius 2 is 1.35 bits per heavy atom. The Labute approximate surface area is 370 Å². The van der Waals surface area contributed by atoms with Crippen LogP contribution in [0.2, 0.25) is 0 Å². The van der Waals surface area contributed by atoms with Gasteiger partial charge in [0.05, 0.1) is 25.3 Å². The summed E-state index contributed by atoms with van der Waals surface area (Å²) in [7, 11) is 0. The highest BCUT2D eigenvalue weighted by molar-refractivity contribution is 6.38. The number of hydrogen-bond donors (Lipinski definition) is 5. The summed E-state index contributed by atoms with van der Waals surface area (Å²) < 4.78 is 6.30. The number of ether oxygens (including phenoxy) is 1. The van der Waals surface area contributed by atoms with E-state index < -0.39 is 72.1 Å². The van der Waals surface area contributed by atoms with E-state index in [1.54, 1.807) is 6.92 Å². The SMILES string of the molecule is CCCCC(NC(=O)CNC(=O)C(=O)C(CCC)NC(=O)[C@@H]1C[C@@H](OCc2ccccc2)CN1C(=O)C(NC(=O)CC(c1ccccc1)c1ccccc1)C1CCCCC1)C(N)=O. The zero-order chi connectivity index (χ0) is 45.1. The molecule has 63 heavy (non-hydrogen) atoms. The fraction of sp³-hybridized carbons (Fsp3) is 0.490. The number of Topliss-reactive ketones (excluding diaryl/α,β-unsaturated/α-hetero) is 1. The fourth-order valence-corrected chi connectivity index (χ4v) is 8.61. The quantitative estimate of drug-likeness (QED) is 0.0851. The fourth-order valence-electron chi connectivity index (χ4n) is 8.61. The molecule has 2 aliphatic rings. The Kier molecular flexibility index (Phi) is 18.9. The number of nitrogens with one attached hydrogen (secondary N) is 4. The second-order valence-corrected chi connectivity index (χ2v) is 16.7. The second-order valence-electron chi connectivity index (χ2n) is 16.7. The second kappa shape index (κ2) is 24.7. The highest BCUT2D eigenvalue weighted by atomic mass is 16.5. The lowest BCUT2D eigenvalue weighted by Gasteiger charge is -2.35. The molecule has 1 heterocycles. The highest BCUT2D eigenvalue weighted by Gasteiger charge is 2.45. The van der Waals surface area contributed by atoms with Crippen molar-refractivity contribution in [3.05, 3.63) is 108 Å². The first-order valence-corrected chi connectivity index (χ1v) is 22.5. The summed E-state index contributed by atoms with van der Waals surface area (Å²) >= 11 is 0. The van der Waals surface area contributed by atoms with Crippen LogP contribution in [0.5, 0.6) is 0 Å². The molecule has 14 nitrogen and oxygen atoms in total. The molecule has 1 aliphatic carbocycles. The lowest BCUT2D eigenvalue weighted by molar-refractivity contribution is -0.144. The number of amides is 6. The normalized spacial score (nSPS) is 17.9. The van der Waals surface area contributed by atoms with Gasteiger partial charge in [0, 0.05) is 25.3 Å². The van der Waals surface area contributed by atoms with Crippen molar-refractivity contribution < 1.29 is 38.3 Å². The van der Waals surface area contributed by atoms with E-state index in [1.807, 2.05) is 97.9 Å². The van der Waals surface area contributed by atoms with E-state index in [-0.39, 0.29) is 50.2 Å². The van der Waals surface area contributed by atoms with Gasteiger partial charge in [-0.15, -0.1) is 0 Å². The topological polar surface area (TPSA) is 206 Å². The van der Waals surface area contributed by atoms with Crippen LogP contribution in [0.4, 0.5) is 0 Å². The van der Waals surface area contributed by atoms with Crippen molar-refractivity contribution in [1.82, 2.24) is 26.2 Å². The van der Waals surface area contributed by atoms with Gasteiger partial charge in [-0.05, 0) is 48.3 Å². The van der Waals surface area contributed by atoms with Crippen molar-refractivity contribution in [1.29, 1.82) is 0 Å². The third-order valence-corrected chi connectivity index (χ3v) is 12.0. The van der Waals surface area contributed by atoms with Crippen molar-refractivity contribution in [2.75, 3.05) is 13.1 Å². The summed E-state index contributed by atoms with van der Waals surface area (Å²) in [5.74, 6) is -5.16. The van der Waals surface area contributed by atoms with Crippen LogP contribution < -0.4 is 27.0 Å². The van der Waals surface area contributed by atoms with E-state index >= 15 is 0 Å². The number of nitrogens with two attached hydrogens (primary N) is 1. The molecule has 1 saturated carbocycles. The lowest BCUT2D eigenvalue weighted by atomic mass is 9.82. The molecule has 6 N–H and O–H groups in total. The third kappa shape index (κ3) is 14.3. The average molecular weight is 865 g/mol. The summed E-state index contributed by atoms with van der Waals surface area (Å²) in [6, 6.07) is 25.0. The van der Waals surface area contributed by atoms with E-state index in [0.717, 1.165) is 55.2 Å². The molecule has 14 heteroatoms. The van der Waals surface area contributed by atoms with E-state index in [1.165, 1.54) is 4.90 Å². The minimum atomic E-state index is -1.25. The Bertz CT molecular complexity index is 1940. The molecule has 3 unspecified atom stereocenters. The first kappa shape index (κ1) is 48.1. The minimum absolute atomic E-state index is 0.0754. The molecule has 0 radical (unpaired) electrons. The van der Waals surface area contributed by atoms with Crippen LogP contribution >= 0.6 is 0 Å². The standard InChI is InChI=1S/C49H64N6O8/c1-3-5-27-40(46(50)59)52-43(57)30-51-48(61)45(58)39(18-4-2)53-47(60)41-28-37(63-32-33-19-10-6-11-20-33)31-55(41)49(62)44(36-25-16-9-17-26-36)54-42(56)29-38(34-21-12-7-13-22-34)35-23-14-8-15-24-35/h6-8,10-15,19-24,36-41,44H,3-5,9,16-18,25-32H2,1-2H3,(H2,50,59)(H,51,61)(H,52,57)(H,53,60)(H,54,56)/t37-,39?,40?,41+,44?/m1/s1. The molecule has 5 rings (SSSR count). The molecule has 3 aromatic carbocycles. The Hall–Kier alpha value is -5.89. The Morgan fingerprint density at radius 1 is 0.730 bits per heavy atom. The zero-order valence-corrected chi connectivity index (χ0v) is 36.6. The Balaban J connectivity index is 1.34. The maximum Gasteiger partial charge on any atom is 0.290 e. The number of ketones is 1. The van der Waals surface area contributed by atoms with Crippen molar-refractivity contribution in [2.45, 2.75) is 134 Å². The van der Waals surface area contributed by atoms with Crippen LogP contribution in [-0.4, -0.2) is 89.5 Å². The van der Waals surface area contributed by atoms with Crippen LogP contribution in [0.1, 0.15) is 114 Å². The van der Waals surface area contributed by atoms with Gasteiger partial charge in [-0.2, -0.15) is 0 Å². The smallest absolute Gasteiger partial charge is 0.290 e. The molecule has 0 bridgehead atoms. The molecule has 1 saturated heterocycles. The number of unbranched alkanes of at least 4 members (excludes halogenated alkanes) is 1. The van der Waals surface area contributed by atoms with Crippen LogP contribution in [-0.2, 0) is 44.9 Å². The van der Waals surface area contributed by atoms with Crippen molar-refractivity contribution >= 4 is 41.2 Å². The summed E-state index contributed by atoms with van der Waals surface area (Å²) in [5, 5.41) is 10.7. The number of nitrogens with zero attached hydrogens (tertiary/aromatic N) is 1. The monoisotopic (exact) mass is 864 g/mol. The van der Waals surface area contributed by atoms with Crippen LogP contribution in [0.3, 0.4) is 0 Å². The molecule has 338 valence electrons. The Morgan fingerprint density at radius 3 is 1.94 bits per heavy atom. The van der Waals surface area contributed by atoms with Crippen molar-refractivity contribution in [3.63, 3.8) is 0 Å². The van der Waals surface area contributed by atoms with Crippen LogP contribution in [0.25, 0.3) is 0 Å². The van der Waals surface area contributed by atoms with Gasteiger partial charge >= 0.3 is 0 Å². The van der Waals surface area contributed by atoms with Gasteiger partial charge in [0.25, 0.3) is 5.91 Å². The molecular formula is C49H64N6O8. The summed E-state index contributed by atoms with van der Waals surface area (Å²) in [6.45, 7) is 3.47. The maximum absolute atomic E-state index is 15.0. The van der Waals surface area contributed by atoms with E-state index in [2.05, 4.69) is 21.3 Å². The minimum Gasteiger partial charge on any atom is -0.372 e. The molecule has 5 atom stereocenters. The molecule has 1 aliphatic heterocycles. The summed E-state index contributed by atoms with van der Waals surface area (Å²) in [5.41, 5.74) is 8.29. The molecule has 3 aromatic rings. The van der Waals surface area contributed by atoms with Crippen LogP contribution in [0, 0.1) is 5.92 Å². The van der Waals surface area contributed by atoms with Crippen molar-refractivity contribution in [3.8, 4) is 0 Å². The number of carbonyl (C=O) groups excluding carboxylic acids is 7. The van der Waals surface area contributed by atoms with Gasteiger partial charge in [0.2, 0.25) is 35.3 Å². The highest BCUT2D eigenvalue weighted by Crippen LogP contribution is 2.32. The average Bonchev–Trinajstić information content (AvgIpc) is 3.75. The molecule has 6 amide bonds. The predicted octanol–water partition coefficient (Wildman–Crippen LogP) is 4.59.